The van der Waals surface area contributed by atoms with Crippen LogP contribution in [0.25, 0.3) is 0 Å². The number of nitrogens with zero attached hydrogens (tertiary/aromatic N) is 3. The highest BCUT2D eigenvalue weighted by Crippen LogP contribution is 2.08. The van der Waals surface area contributed by atoms with Gasteiger partial charge in [0, 0.05) is 27.7 Å². The molecule has 1 aromatic heterocycles. The molecule has 0 bridgehead atoms. The van der Waals surface area contributed by atoms with Gasteiger partial charge in [-0.2, -0.15) is 0 Å². The topological polar surface area (TPSA) is 61.8 Å². The molecule has 26 heavy (non-hydrogen) atoms. The molecule has 0 unspecified atom stereocenters. The van der Waals surface area contributed by atoms with Crippen molar-refractivity contribution in [2.24, 2.45) is 4.99 Å². The van der Waals surface area contributed by atoms with Crippen LogP contribution in [0, 0.1) is 0 Å². The zero-order valence-electron chi connectivity index (χ0n) is 15.6. The summed E-state index contributed by atoms with van der Waals surface area (Å²) in [5, 5.41) is 6.56. The summed E-state index contributed by atoms with van der Waals surface area (Å²) in [7, 11) is 5.73. The lowest BCUT2D eigenvalue weighted by molar-refractivity contribution is 0.311. The van der Waals surface area contributed by atoms with Crippen molar-refractivity contribution < 1.29 is 4.74 Å². The monoisotopic (exact) mass is 469 g/mol. The first-order chi connectivity index (χ1) is 12.2. The molecular weight excluding hydrogens is 441 g/mol. The van der Waals surface area contributed by atoms with Gasteiger partial charge in [-0.25, -0.2) is 4.98 Å². The largest absolute Gasteiger partial charge is 0.494 e. The minimum atomic E-state index is 0. The Hall–Kier alpha value is -2.03. The summed E-state index contributed by atoms with van der Waals surface area (Å²) in [4.78, 5) is 10.8. The first kappa shape index (κ1) is 22.0. The van der Waals surface area contributed by atoms with E-state index in [9.17, 15) is 0 Å². The quantitative estimate of drug-likeness (QED) is 0.270. The van der Waals surface area contributed by atoms with E-state index in [2.05, 4.69) is 20.6 Å². The van der Waals surface area contributed by atoms with E-state index in [1.807, 2.05) is 67.5 Å². The number of pyridine rings is 1. The predicted molar refractivity (Wildman–Crippen MR) is 119 cm³/mol. The van der Waals surface area contributed by atoms with E-state index in [0.717, 1.165) is 36.2 Å². The van der Waals surface area contributed by atoms with E-state index in [1.165, 1.54) is 0 Å². The molecule has 1 aromatic carbocycles. The van der Waals surface area contributed by atoms with Crippen molar-refractivity contribution in [3.63, 3.8) is 0 Å². The minimum Gasteiger partial charge on any atom is -0.494 e. The van der Waals surface area contributed by atoms with Gasteiger partial charge in [0.1, 0.15) is 11.6 Å². The molecule has 0 radical (unpaired) electrons. The molecule has 0 aliphatic rings. The highest BCUT2D eigenvalue weighted by Gasteiger charge is 2.02. The van der Waals surface area contributed by atoms with Crippen LogP contribution >= 0.6 is 24.0 Å². The second kappa shape index (κ2) is 12.3. The van der Waals surface area contributed by atoms with Gasteiger partial charge in [-0.15, -0.1) is 24.0 Å². The number of hydrogen-bond donors (Lipinski definition) is 2. The summed E-state index contributed by atoms with van der Waals surface area (Å²) in [5.74, 6) is 2.61. The predicted octanol–water partition coefficient (Wildman–Crippen LogP) is 2.90. The Balaban J connectivity index is 0.00000338. The van der Waals surface area contributed by atoms with Crippen LogP contribution in [0.3, 0.4) is 0 Å². The first-order valence-electron chi connectivity index (χ1n) is 8.44. The number of aliphatic imine (C=N–C) groups is 1. The number of guanidine groups is 1. The molecule has 2 rings (SSSR count). The first-order valence-corrected chi connectivity index (χ1v) is 8.44. The summed E-state index contributed by atoms with van der Waals surface area (Å²) in [6, 6.07) is 15.8. The van der Waals surface area contributed by atoms with E-state index in [4.69, 9.17) is 4.74 Å². The van der Waals surface area contributed by atoms with E-state index >= 15 is 0 Å². The zero-order valence-corrected chi connectivity index (χ0v) is 17.9. The summed E-state index contributed by atoms with van der Waals surface area (Å²) in [6.45, 7) is 2.08. The number of halogens is 1. The Bertz CT molecular complexity index is 664. The van der Waals surface area contributed by atoms with Crippen molar-refractivity contribution in [3.05, 3.63) is 54.2 Å². The van der Waals surface area contributed by atoms with Gasteiger partial charge in [0.2, 0.25) is 0 Å². The van der Waals surface area contributed by atoms with Gasteiger partial charge in [0.15, 0.2) is 5.96 Å². The molecule has 0 spiro atoms. The van der Waals surface area contributed by atoms with Crippen LogP contribution in [0.15, 0.2) is 53.5 Å². The molecule has 7 heteroatoms. The third-order valence-electron chi connectivity index (χ3n) is 3.54. The lowest BCUT2D eigenvalue weighted by Crippen LogP contribution is -2.37. The maximum absolute atomic E-state index is 5.67. The fourth-order valence-electron chi connectivity index (χ4n) is 2.20. The van der Waals surface area contributed by atoms with Crippen molar-refractivity contribution in [1.29, 1.82) is 0 Å². The van der Waals surface area contributed by atoms with Gasteiger partial charge in [-0.3, -0.25) is 4.99 Å². The number of benzene rings is 1. The summed E-state index contributed by atoms with van der Waals surface area (Å²) >= 11 is 0. The minimum absolute atomic E-state index is 0. The number of anilines is 1. The van der Waals surface area contributed by atoms with Crippen LogP contribution < -0.4 is 20.3 Å². The van der Waals surface area contributed by atoms with E-state index in [1.54, 1.807) is 7.05 Å². The van der Waals surface area contributed by atoms with Gasteiger partial charge < -0.3 is 20.3 Å². The van der Waals surface area contributed by atoms with Crippen LogP contribution in [0.1, 0.15) is 12.1 Å². The van der Waals surface area contributed by atoms with Gasteiger partial charge in [0.05, 0.1) is 18.8 Å². The third kappa shape index (κ3) is 7.90. The molecule has 6 nitrogen and oxygen atoms in total. The van der Waals surface area contributed by atoms with Gasteiger partial charge in [-0.05, 0) is 30.7 Å². The SMILES string of the molecule is CN=C(NCCCOc1ccccc1)NCc1cccc(N(C)C)n1.I. The number of ether oxygens (including phenoxy) is 1. The second-order valence-corrected chi connectivity index (χ2v) is 5.75. The van der Waals surface area contributed by atoms with Crippen LogP contribution in [-0.2, 0) is 6.54 Å². The highest BCUT2D eigenvalue weighted by molar-refractivity contribution is 14.0. The average Bonchev–Trinajstić information content (AvgIpc) is 2.65. The Labute approximate surface area is 173 Å². The third-order valence-corrected chi connectivity index (χ3v) is 3.54. The van der Waals surface area contributed by atoms with E-state index < -0.39 is 0 Å². The smallest absolute Gasteiger partial charge is 0.191 e. The molecule has 142 valence electrons. The molecule has 0 aliphatic carbocycles. The van der Waals surface area contributed by atoms with Crippen LogP contribution in [-0.4, -0.2) is 45.2 Å². The van der Waals surface area contributed by atoms with Crippen molar-refractivity contribution in [2.75, 3.05) is 39.2 Å². The maximum atomic E-state index is 5.67. The Morgan fingerprint density at radius 2 is 1.85 bits per heavy atom. The molecular formula is C19H28IN5O. The molecule has 0 saturated heterocycles. The van der Waals surface area contributed by atoms with E-state index in [-0.39, 0.29) is 24.0 Å². The lowest BCUT2D eigenvalue weighted by Gasteiger charge is -2.14. The Kier molecular flexibility index (Phi) is 10.5. The summed E-state index contributed by atoms with van der Waals surface area (Å²) in [5.41, 5.74) is 0.974. The molecule has 1 heterocycles. The fourth-order valence-corrected chi connectivity index (χ4v) is 2.20. The second-order valence-electron chi connectivity index (χ2n) is 5.75. The van der Waals surface area contributed by atoms with Crippen molar-refractivity contribution >= 4 is 35.8 Å². The van der Waals surface area contributed by atoms with Crippen molar-refractivity contribution in [1.82, 2.24) is 15.6 Å². The van der Waals surface area contributed by atoms with Gasteiger partial charge in [-0.1, -0.05) is 24.3 Å². The van der Waals surface area contributed by atoms with Crippen LogP contribution in [0.4, 0.5) is 5.82 Å². The average molecular weight is 469 g/mol. The van der Waals surface area contributed by atoms with Gasteiger partial charge in [0.25, 0.3) is 0 Å². The molecule has 2 aromatic rings. The Morgan fingerprint density at radius 1 is 1.08 bits per heavy atom. The van der Waals surface area contributed by atoms with Crippen molar-refractivity contribution in [3.8, 4) is 5.75 Å². The molecule has 0 saturated carbocycles. The zero-order chi connectivity index (χ0) is 17.9. The van der Waals surface area contributed by atoms with Crippen LogP contribution in [0.2, 0.25) is 0 Å². The van der Waals surface area contributed by atoms with Crippen LogP contribution in [0.5, 0.6) is 5.75 Å². The fraction of sp³-hybridized carbons (Fsp3) is 0.368. The summed E-state index contributed by atoms with van der Waals surface area (Å²) in [6.07, 6.45) is 0.893. The normalized spacial score (nSPS) is 10.7. The maximum Gasteiger partial charge on any atom is 0.191 e. The number of aromatic nitrogens is 1. The van der Waals surface area contributed by atoms with Crippen molar-refractivity contribution in [2.45, 2.75) is 13.0 Å². The standard InChI is InChI=1S/C19H27N5O.HI/c1-20-19(21-13-8-14-25-17-10-5-4-6-11-17)22-15-16-9-7-12-18(23-16)24(2)3;/h4-7,9-12H,8,13-15H2,1-3H3,(H2,20,21,22);1H. The van der Waals surface area contributed by atoms with E-state index in [0.29, 0.717) is 13.2 Å². The number of hydrogen-bond acceptors (Lipinski definition) is 4. The Morgan fingerprint density at radius 3 is 2.54 bits per heavy atom. The molecule has 0 atom stereocenters. The molecule has 0 aliphatic heterocycles. The number of rotatable bonds is 8. The van der Waals surface area contributed by atoms with Gasteiger partial charge >= 0.3 is 0 Å². The summed E-state index contributed by atoms with van der Waals surface area (Å²) < 4.78 is 5.67. The lowest BCUT2D eigenvalue weighted by atomic mass is 10.3. The number of para-hydroxylation sites is 1. The molecule has 0 amide bonds. The number of nitrogens with one attached hydrogen (secondary N) is 2. The molecule has 2 N–H and O–H groups in total. The molecule has 0 fully saturated rings. The highest BCUT2D eigenvalue weighted by atomic mass is 127.